The molecule has 1 aliphatic rings. The van der Waals surface area contributed by atoms with Crippen LogP contribution in [0.15, 0.2) is 30.3 Å². The number of aliphatic hydroxyl groups excluding tert-OH is 1. The van der Waals surface area contributed by atoms with Crippen molar-refractivity contribution in [2.24, 2.45) is 11.8 Å². The normalized spacial score (nSPS) is 24.7. The quantitative estimate of drug-likeness (QED) is 0.803. The van der Waals surface area contributed by atoms with Crippen molar-refractivity contribution in [3.63, 3.8) is 0 Å². The molecule has 0 unspecified atom stereocenters. The summed E-state index contributed by atoms with van der Waals surface area (Å²) in [6.07, 6.45) is 5.90. The van der Waals surface area contributed by atoms with Gasteiger partial charge in [0.15, 0.2) is 0 Å². The Bertz CT molecular complexity index is 359. The van der Waals surface area contributed by atoms with Crippen molar-refractivity contribution in [1.82, 2.24) is 0 Å². The van der Waals surface area contributed by atoms with Crippen LogP contribution in [0.2, 0.25) is 0 Å². The van der Waals surface area contributed by atoms with Gasteiger partial charge in [0.2, 0.25) is 0 Å². The molecule has 80 valence electrons. The fourth-order valence-corrected chi connectivity index (χ4v) is 1.84. The minimum atomic E-state index is -0.173. The van der Waals surface area contributed by atoms with Crippen molar-refractivity contribution in [3.05, 3.63) is 41.7 Å². The zero-order valence-corrected chi connectivity index (χ0v) is 8.57. The van der Waals surface area contributed by atoms with Gasteiger partial charge in [0.1, 0.15) is 5.82 Å². The highest BCUT2D eigenvalue weighted by Gasteiger charge is 2.33. The maximum Gasteiger partial charge on any atom is 0.130 e. The molecule has 1 aliphatic carbocycles. The van der Waals surface area contributed by atoms with E-state index in [1.54, 1.807) is 12.1 Å². The first-order valence-electron chi connectivity index (χ1n) is 5.35. The van der Waals surface area contributed by atoms with E-state index in [4.69, 9.17) is 5.11 Å². The Hall–Kier alpha value is -1.15. The number of rotatable bonds is 4. The standard InChI is InChI=1S/C13H15FO/c14-13-4-2-1-3-10(13)5-6-11-9-12(11)7-8-15/h1-6,11-12,15H,7-9H2/b6-5+/t11-,12+/m1/s1. The van der Waals surface area contributed by atoms with Crippen LogP contribution >= 0.6 is 0 Å². The molecule has 2 atom stereocenters. The fourth-order valence-electron chi connectivity index (χ4n) is 1.84. The molecule has 1 nitrogen and oxygen atoms in total. The highest BCUT2D eigenvalue weighted by Crippen LogP contribution is 2.42. The molecule has 0 bridgehead atoms. The second kappa shape index (κ2) is 4.58. The van der Waals surface area contributed by atoms with Crippen LogP contribution in [0.1, 0.15) is 18.4 Å². The van der Waals surface area contributed by atoms with Crippen molar-refractivity contribution in [2.45, 2.75) is 12.8 Å². The predicted octanol–water partition coefficient (Wildman–Crippen LogP) is 2.86. The summed E-state index contributed by atoms with van der Waals surface area (Å²) in [6.45, 7) is 0.259. The van der Waals surface area contributed by atoms with E-state index in [2.05, 4.69) is 6.08 Å². The third-order valence-corrected chi connectivity index (χ3v) is 2.91. The summed E-state index contributed by atoms with van der Waals surface area (Å²) in [4.78, 5) is 0. The van der Waals surface area contributed by atoms with Gasteiger partial charge < -0.3 is 5.11 Å². The summed E-state index contributed by atoms with van der Waals surface area (Å²) >= 11 is 0. The van der Waals surface area contributed by atoms with Gasteiger partial charge in [-0.25, -0.2) is 4.39 Å². The Balaban J connectivity index is 1.93. The van der Waals surface area contributed by atoms with Crippen LogP contribution in [0.5, 0.6) is 0 Å². The van der Waals surface area contributed by atoms with Gasteiger partial charge in [-0.2, -0.15) is 0 Å². The molecule has 0 heterocycles. The maximum atomic E-state index is 13.2. The monoisotopic (exact) mass is 206 g/mol. The molecule has 0 amide bonds. The fraction of sp³-hybridized carbons (Fsp3) is 0.385. The smallest absolute Gasteiger partial charge is 0.130 e. The first kappa shape index (κ1) is 10.4. The molecule has 0 radical (unpaired) electrons. The molecule has 1 saturated carbocycles. The van der Waals surface area contributed by atoms with Gasteiger partial charge in [-0.05, 0) is 30.7 Å². The van der Waals surface area contributed by atoms with Crippen molar-refractivity contribution >= 4 is 6.08 Å². The van der Waals surface area contributed by atoms with E-state index >= 15 is 0 Å². The minimum absolute atomic E-state index is 0.173. The average Bonchev–Trinajstić information content (AvgIpc) is 2.96. The zero-order chi connectivity index (χ0) is 10.7. The molecule has 1 aromatic carbocycles. The highest BCUT2D eigenvalue weighted by atomic mass is 19.1. The second-order valence-electron chi connectivity index (χ2n) is 4.05. The molecular weight excluding hydrogens is 191 g/mol. The molecule has 15 heavy (non-hydrogen) atoms. The maximum absolute atomic E-state index is 13.2. The second-order valence-corrected chi connectivity index (χ2v) is 4.05. The summed E-state index contributed by atoms with van der Waals surface area (Å²) < 4.78 is 13.2. The van der Waals surface area contributed by atoms with E-state index in [0.717, 1.165) is 12.8 Å². The van der Waals surface area contributed by atoms with Crippen molar-refractivity contribution in [3.8, 4) is 0 Å². The van der Waals surface area contributed by atoms with Crippen LogP contribution in [0.4, 0.5) is 4.39 Å². The molecule has 0 aromatic heterocycles. The largest absolute Gasteiger partial charge is 0.396 e. The third-order valence-electron chi connectivity index (χ3n) is 2.91. The lowest BCUT2D eigenvalue weighted by Crippen LogP contribution is -1.85. The number of aliphatic hydroxyl groups is 1. The van der Waals surface area contributed by atoms with E-state index in [9.17, 15) is 4.39 Å². The van der Waals surface area contributed by atoms with Crippen LogP contribution in [0, 0.1) is 17.7 Å². The van der Waals surface area contributed by atoms with E-state index in [1.165, 1.54) is 6.07 Å². The Morgan fingerprint density at radius 2 is 2.20 bits per heavy atom. The highest BCUT2D eigenvalue weighted by molar-refractivity contribution is 5.50. The molecule has 1 N–H and O–H groups in total. The molecule has 0 spiro atoms. The third kappa shape index (κ3) is 2.66. The Labute approximate surface area is 89.3 Å². The van der Waals surface area contributed by atoms with Gasteiger partial charge >= 0.3 is 0 Å². The van der Waals surface area contributed by atoms with Crippen LogP contribution in [0.25, 0.3) is 6.08 Å². The van der Waals surface area contributed by atoms with Crippen molar-refractivity contribution < 1.29 is 9.50 Å². The van der Waals surface area contributed by atoms with Gasteiger partial charge in [-0.3, -0.25) is 0 Å². The Morgan fingerprint density at radius 3 is 2.93 bits per heavy atom. The lowest BCUT2D eigenvalue weighted by molar-refractivity contribution is 0.278. The van der Waals surface area contributed by atoms with E-state index in [0.29, 0.717) is 17.4 Å². The topological polar surface area (TPSA) is 20.2 Å². The van der Waals surface area contributed by atoms with Crippen LogP contribution in [0.3, 0.4) is 0 Å². The Kier molecular flexibility index (Phi) is 3.17. The van der Waals surface area contributed by atoms with E-state index in [1.807, 2.05) is 12.1 Å². The lowest BCUT2D eigenvalue weighted by atomic mass is 10.1. The van der Waals surface area contributed by atoms with Crippen molar-refractivity contribution in [1.29, 1.82) is 0 Å². The van der Waals surface area contributed by atoms with E-state index in [-0.39, 0.29) is 12.4 Å². The predicted molar refractivity (Wildman–Crippen MR) is 58.7 cm³/mol. The molecule has 1 fully saturated rings. The SMILES string of the molecule is OCC[C@H]1C[C@H]1/C=C/c1ccccc1F. The number of benzene rings is 1. The molecule has 0 saturated heterocycles. The lowest BCUT2D eigenvalue weighted by Gasteiger charge is -1.95. The number of allylic oxidation sites excluding steroid dienone is 1. The van der Waals surface area contributed by atoms with E-state index < -0.39 is 0 Å². The van der Waals surface area contributed by atoms with Crippen LogP contribution in [-0.4, -0.2) is 11.7 Å². The summed E-state index contributed by atoms with van der Waals surface area (Å²) in [5, 5.41) is 8.74. The average molecular weight is 206 g/mol. The zero-order valence-electron chi connectivity index (χ0n) is 8.57. The Morgan fingerprint density at radius 1 is 1.40 bits per heavy atom. The van der Waals surface area contributed by atoms with Crippen LogP contribution < -0.4 is 0 Å². The molecule has 1 aromatic rings. The van der Waals surface area contributed by atoms with Crippen LogP contribution in [-0.2, 0) is 0 Å². The summed E-state index contributed by atoms with van der Waals surface area (Å²) in [5.41, 5.74) is 0.646. The first-order chi connectivity index (χ1) is 7.31. The molecule has 2 rings (SSSR count). The van der Waals surface area contributed by atoms with Gasteiger partial charge in [-0.15, -0.1) is 0 Å². The van der Waals surface area contributed by atoms with Crippen molar-refractivity contribution in [2.75, 3.05) is 6.61 Å². The summed E-state index contributed by atoms with van der Waals surface area (Å²) in [7, 11) is 0. The molecule has 0 aliphatic heterocycles. The summed E-state index contributed by atoms with van der Waals surface area (Å²) in [6, 6.07) is 6.77. The van der Waals surface area contributed by atoms with Gasteiger partial charge in [-0.1, -0.05) is 30.4 Å². The minimum Gasteiger partial charge on any atom is -0.396 e. The number of hydrogen-bond acceptors (Lipinski definition) is 1. The van der Waals surface area contributed by atoms with Gasteiger partial charge in [0.05, 0.1) is 0 Å². The summed E-state index contributed by atoms with van der Waals surface area (Å²) in [5.74, 6) is 0.975. The first-order valence-corrected chi connectivity index (χ1v) is 5.35. The number of halogens is 1. The number of hydrogen-bond donors (Lipinski definition) is 1. The molecular formula is C13H15FO. The van der Waals surface area contributed by atoms with Gasteiger partial charge in [0.25, 0.3) is 0 Å². The molecule has 2 heteroatoms. The van der Waals surface area contributed by atoms with Gasteiger partial charge in [0, 0.05) is 12.2 Å².